The number of methoxy groups -OCH3 is 1. The molecule has 12 heavy (non-hydrogen) atoms. The normalized spacial score (nSPS) is 7.75. The number of H-pyrrole nitrogens is 1. The van der Waals surface area contributed by atoms with E-state index in [1.54, 1.807) is 0 Å². The zero-order valence-electron chi connectivity index (χ0n) is 9.42. The predicted molar refractivity (Wildman–Crippen MR) is 37.5 cm³/mol. The van der Waals surface area contributed by atoms with E-state index in [0.29, 0.717) is 0 Å². The van der Waals surface area contributed by atoms with Crippen LogP contribution in [0.1, 0.15) is 2.85 Å². The van der Waals surface area contributed by atoms with Gasteiger partial charge in [0.05, 0.1) is 7.11 Å². The third kappa shape index (κ3) is 3.51. The zero-order chi connectivity index (χ0) is 7.56. The van der Waals surface area contributed by atoms with Crippen molar-refractivity contribution >= 4 is 0 Å². The Bertz CT molecular complexity index is 295. The van der Waals surface area contributed by atoms with Crippen molar-refractivity contribution in [2.24, 2.45) is 0 Å². The van der Waals surface area contributed by atoms with Gasteiger partial charge in [-0.2, -0.15) is 0 Å². The minimum Gasteiger partial charge on any atom is -1.00 e. The van der Waals surface area contributed by atoms with E-state index in [0.717, 1.165) is 0 Å². The van der Waals surface area contributed by atoms with E-state index in [-0.39, 0.29) is 73.5 Å². The van der Waals surface area contributed by atoms with E-state index in [1.165, 1.54) is 19.4 Å². The molecule has 4 nitrogen and oxygen atoms in total. The van der Waals surface area contributed by atoms with Crippen molar-refractivity contribution in [3.05, 3.63) is 22.6 Å². The number of aromatic nitrogens is 1. The first-order chi connectivity index (χ1) is 4.75. The average Bonchev–Trinajstić information content (AvgIpc) is 1.88. The van der Waals surface area contributed by atoms with Crippen LogP contribution < -0.4 is 69.4 Å². The average molecular weight is 189 g/mol. The number of rotatable bonds is 1. The number of pyridine rings is 1. The number of aromatic amines is 1. The maximum atomic E-state index is 10.7. The van der Waals surface area contributed by atoms with Crippen molar-refractivity contribution in [1.82, 2.24) is 4.98 Å². The van der Waals surface area contributed by atoms with E-state index in [2.05, 4.69) is 9.72 Å². The van der Waals surface area contributed by atoms with Gasteiger partial charge in [0.15, 0.2) is 5.75 Å². The Kier molecular flexibility index (Phi) is 8.78. The van der Waals surface area contributed by atoms with Crippen molar-refractivity contribution in [3.8, 4) is 11.5 Å². The molecule has 0 saturated heterocycles. The van der Waals surface area contributed by atoms with Gasteiger partial charge in [-0.15, -0.1) is 0 Å². The Hall–Kier alpha value is 0.550. The van der Waals surface area contributed by atoms with Gasteiger partial charge in [-0.3, -0.25) is 4.79 Å². The van der Waals surface area contributed by atoms with Gasteiger partial charge in [0.2, 0.25) is 5.75 Å². The molecule has 2 N–H and O–H groups in total. The summed E-state index contributed by atoms with van der Waals surface area (Å²) in [6, 6.07) is 1.35. The topological polar surface area (TPSA) is 62.3 Å². The van der Waals surface area contributed by atoms with Gasteiger partial charge >= 0.3 is 59.1 Å². The molecule has 0 aromatic carbocycles. The van der Waals surface area contributed by atoms with Crippen molar-refractivity contribution in [3.63, 3.8) is 0 Å². The fourth-order valence-corrected chi connectivity index (χ4v) is 0.651. The van der Waals surface area contributed by atoms with E-state index in [1.807, 2.05) is 0 Å². The van der Waals surface area contributed by atoms with Crippen LogP contribution in [0, 0.1) is 0 Å². The molecular formula is C6H9NNa2O3. The van der Waals surface area contributed by atoms with E-state index >= 15 is 0 Å². The standard InChI is InChI=1S/C6H7NO3.2Na.2H/c1-10-5-4(8)2-3-7-6(5)9;;;;/h2-3H,1H3,(H2,7,8,9);;;;/q;2*+1;2*-1. The van der Waals surface area contributed by atoms with Gasteiger partial charge in [0.25, 0.3) is 5.56 Å². The smallest absolute Gasteiger partial charge is 1.00 e. The van der Waals surface area contributed by atoms with Crippen LogP contribution in [0.4, 0.5) is 0 Å². The summed E-state index contributed by atoms with van der Waals surface area (Å²) in [7, 11) is 1.32. The summed E-state index contributed by atoms with van der Waals surface area (Å²) in [4.78, 5) is 13.1. The summed E-state index contributed by atoms with van der Waals surface area (Å²) in [6.45, 7) is 0. The Morgan fingerprint density at radius 2 is 2.17 bits per heavy atom. The van der Waals surface area contributed by atoms with E-state index < -0.39 is 5.56 Å². The van der Waals surface area contributed by atoms with Crippen LogP contribution in [0.25, 0.3) is 0 Å². The quantitative estimate of drug-likeness (QED) is 0.433. The minimum atomic E-state index is -0.428. The Balaban J connectivity index is -0.000000125. The maximum Gasteiger partial charge on any atom is 1.00 e. The van der Waals surface area contributed by atoms with Crippen molar-refractivity contribution < 1.29 is 71.8 Å². The molecule has 58 valence electrons. The molecule has 1 rings (SSSR count). The number of hydrogen-bond acceptors (Lipinski definition) is 3. The van der Waals surface area contributed by atoms with E-state index in [9.17, 15) is 4.79 Å². The third-order valence-electron chi connectivity index (χ3n) is 1.10. The van der Waals surface area contributed by atoms with Crippen LogP contribution in [0.15, 0.2) is 17.1 Å². The van der Waals surface area contributed by atoms with Crippen LogP contribution in [-0.2, 0) is 0 Å². The Morgan fingerprint density at radius 1 is 1.58 bits per heavy atom. The summed E-state index contributed by atoms with van der Waals surface area (Å²) in [5, 5.41) is 8.95. The SMILES string of the molecule is COc1c(O)cc[nH]c1=O.[H-].[H-].[Na+].[Na+]. The fraction of sp³-hybridized carbons (Fsp3) is 0.167. The van der Waals surface area contributed by atoms with E-state index in [4.69, 9.17) is 5.11 Å². The first-order valence-corrected chi connectivity index (χ1v) is 2.70. The van der Waals surface area contributed by atoms with Gasteiger partial charge in [-0.05, 0) is 0 Å². The summed E-state index contributed by atoms with van der Waals surface area (Å²) >= 11 is 0. The number of nitrogens with one attached hydrogen (secondary N) is 1. The summed E-state index contributed by atoms with van der Waals surface area (Å²) in [5.74, 6) is -0.200. The second-order valence-corrected chi connectivity index (χ2v) is 1.73. The number of ether oxygens (including phenoxy) is 1. The van der Waals surface area contributed by atoms with Crippen LogP contribution in [-0.4, -0.2) is 17.2 Å². The molecule has 0 atom stereocenters. The summed E-state index contributed by atoms with van der Waals surface area (Å²) < 4.78 is 4.58. The molecule has 0 saturated carbocycles. The van der Waals surface area contributed by atoms with Crippen LogP contribution in [0.3, 0.4) is 0 Å². The van der Waals surface area contributed by atoms with Gasteiger partial charge in [0.1, 0.15) is 0 Å². The Morgan fingerprint density at radius 3 is 2.50 bits per heavy atom. The van der Waals surface area contributed by atoms with Crippen LogP contribution in [0.2, 0.25) is 0 Å². The van der Waals surface area contributed by atoms with Gasteiger partial charge in [0, 0.05) is 12.3 Å². The molecule has 0 aliphatic rings. The largest absolute Gasteiger partial charge is 1.00 e. The molecule has 1 heterocycles. The van der Waals surface area contributed by atoms with Crippen LogP contribution in [0.5, 0.6) is 11.5 Å². The Labute approximate surface area is 117 Å². The molecule has 0 fully saturated rings. The molecule has 0 unspecified atom stereocenters. The number of aromatic hydroxyl groups is 1. The molecule has 0 amide bonds. The summed E-state index contributed by atoms with van der Waals surface area (Å²) in [5.41, 5.74) is -0.428. The molecule has 0 aliphatic carbocycles. The molecule has 1 aromatic rings. The summed E-state index contributed by atoms with van der Waals surface area (Å²) in [6.07, 6.45) is 1.35. The molecule has 0 aliphatic heterocycles. The predicted octanol–water partition coefficient (Wildman–Crippen LogP) is -5.68. The molecule has 0 spiro atoms. The first-order valence-electron chi connectivity index (χ1n) is 2.70. The van der Waals surface area contributed by atoms with Crippen molar-refractivity contribution in [2.45, 2.75) is 0 Å². The zero-order valence-corrected chi connectivity index (χ0v) is 11.4. The molecule has 0 bridgehead atoms. The monoisotopic (exact) mass is 189 g/mol. The van der Waals surface area contributed by atoms with Crippen molar-refractivity contribution in [2.75, 3.05) is 7.11 Å². The molecular weight excluding hydrogens is 180 g/mol. The second-order valence-electron chi connectivity index (χ2n) is 1.73. The van der Waals surface area contributed by atoms with Crippen LogP contribution >= 0.6 is 0 Å². The van der Waals surface area contributed by atoms with Gasteiger partial charge in [-0.25, -0.2) is 0 Å². The molecule has 1 aromatic heterocycles. The fourth-order valence-electron chi connectivity index (χ4n) is 0.651. The minimum absolute atomic E-state index is 0. The first kappa shape index (κ1) is 15.0. The number of hydrogen-bond donors (Lipinski definition) is 2. The maximum absolute atomic E-state index is 10.7. The molecule has 0 radical (unpaired) electrons. The van der Waals surface area contributed by atoms with Crippen molar-refractivity contribution in [1.29, 1.82) is 0 Å². The third-order valence-corrected chi connectivity index (χ3v) is 1.10. The second kappa shape index (κ2) is 7.00. The van der Waals surface area contributed by atoms with Gasteiger partial charge in [-0.1, -0.05) is 0 Å². The van der Waals surface area contributed by atoms with Gasteiger partial charge < -0.3 is 17.7 Å². The molecule has 6 heteroatoms.